The summed E-state index contributed by atoms with van der Waals surface area (Å²) < 4.78 is 0. The Kier molecular flexibility index (Phi) is 16.3. The number of hydrogen-bond donors (Lipinski definition) is 0. The molecule has 0 unspecified atom stereocenters. The number of hydrogen-bond acceptors (Lipinski definition) is 0. The second-order valence-electron chi connectivity index (χ2n) is 4.79. The molecule has 0 aromatic heterocycles. The van der Waals surface area contributed by atoms with E-state index in [4.69, 9.17) is 0 Å². The molecule has 124 valence electrons. The summed E-state index contributed by atoms with van der Waals surface area (Å²) in [6.07, 6.45) is 0. The van der Waals surface area contributed by atoms with Crippen LogP contribution in [0.25, 0.3) is 0 Å². The zero-order chi connectivity index (χ0) is 13.8. The van der Waals surface area contributed by atoms with Crippen molar-refractivity contribution >= 4 is 50.0 Å². The summed E-state index contributed by atoms with van der Waals surface area (Å²) in [5.74, 6) is 0. The molecule has 0 atom stereocenters. The average Bonchev–Trinajstić information content (AvgIpc) is 2.52. The SMILES string of the molecule is Cc1ccccc1P(c1ccccc1)c1ccccc1.[Bi+3].[I-].[I-].[I-]. The van der Waals surface area contributed by atoms with Gasteiger partial charge < -0.3 is 71.9 Å². The predicted octanol–water partition coefficient (Wildman–Crippen LogP) is -5.62. The molecule has 0 heterocycles. The fourth-order valence-corrected chi connectivity index (χ4v) is 4.85. The van der Waals surface area contributed by atoms with E-state index in [1.165, 1.54) is 21.5 Å². The molecule has 0 N–H and O–H groups in total. The van der Waals surface area contributed by atoms with E-state index in [1.54, 1.807) is 0 Å². The van der Waals surface area contributed by atoms with Gasteiger partial charge in [-0.1, -0.05) is 84.9 Å². The maximum Gasteiger partial charge on any atom is 3.00 e. The topological polar surface area (TPSA) is 0 Å². The van der Waals surface area contributed by atoms with Gasteiger partial charge in [-0.05, 0) is 36.3 Å². The van der Waals surface area contributed by atoms with Gasteiger partial charge in [-0.3, -0.25) is 0 Å². The van der Waals surface area contributed by atoms with Crippen LogP contribution in [-0.2, 0) is 0 Å². The van der Waals surface area contributed by atoms with Gasteiger partial charge in [0, 0.05) is 0 Å². The summed E-state index contributed by atoms with van der Waals surface area (Å²) in [7, 11) is -0.467. The molecular weight excluding hydrogens is 849 g/mol. The molecule has 0 saturated carbocycles. The number of aryl methyl sites for hydroxylation is 1. The smallest absolute Gasteiger partial charge is 1.00 e. The van der Waals surface area contributed by atoms with Gasteiger partial charge >= 0.3 is 26.2 Å². The van der Waals surface area contributed by atoms with Crippen LogP contribution in [0, 0.1) is 6.92 Å². The minimum Gasteiger partial charge on any atom is -1.00 e. The maximum atomic E-state index is 2.26. The van der Waals surface area contributed by atoms with Crippen LogP contribution in [0.3, 0.4) is 0 Å². The Hall–Kier alpha value is 1.16. The van der Waals surface area contributed by atoms with E-state index in [1.807, 2.05) is 0 Å². The number of halogens is 3. The van der Waals surface area contributed by atoms with Crippen LogP contribution >= 0.6 is 7.92 Å². The predicted molar refractivity (Wildman–Crippen MR) is 95.6 cm³/mol. The molecule has 0 nitrogen and oxygen atoms in total. The Balaban J connectivity index is 0. The molecule has 0 amide bonds. The van der Waals surface area contributed by atoms with Gasteiger partial charge in [0.25, 0.3) is 0 Å². The Morgan fingerprint density at radius 2 is 0.917 bits per heavy atom. The first kappa shape index (κ1) is 27.4. The zero-order valence-corrected chi connectivity index (χ0v) is 24.0. The van der Waals surface area contributed by atoms with Crippen LogP contribution < -0.4 is 87.8 Å². The first-order valence-corrected chi connectivity index (χ1v) is 8.16. The van der Waals surface area contributed by atoms with E-state index >= 15 is 0 Å². The Morgan fingerprint density at radius 1 is 0.542 bits per heavy atom. The summed E-state index contributed by atoms with van der Waals surface area (Å²) in [5.41, 5.74) is 1.37. The summed E-state index contributed by atoms with van der Waals surface area (Å²) in [6, 6.07) is 30.4. The standard InChI is InChI=1S/C19H17P.Bi.3HI/c1-16-10-8-9-15-19(16)20(17-11-4-2-5-12-17)18-13-6-3-7-14-18;;;;/h2-15H,1H3;;3*1H/q;+3;;;/p-3. The van der Waals surface area contributed by atoms with Gasteiger partial charge in [0.1, 0.15) is 0 Å². The van der Waals surface area contributed by atoms with Crippen molar-refractivity contribution in [2.75, 3.05) is 0 Å². The second kappa shape index (κ2) is 14.2. The van der Waals surface area contributed by atoms with E-state index < -0.39 is 7.92 Å². The molecule has 3 rings (SSSR count). The van der Waals surface area contributed by atoms with Crippen molar-refractivity contribution in [3.63, 3.8) is 0 Å². The van der Waals surface area contributed by atoms with Gasteiger partial charge in [0.15, 0.2) is 0 Å². The summed E-state index contributed by atoms with van der Waals surface area (Å²) >= 11 is 0. The van der Waals surface area contributed by atoms with Gasteiger partial charge in [0.05, 0.1) is 0 Å². The Bertz CT molecular complexity index is 654. The van der Waals surface area contributed by atoms with E-state index in [9.17, 15) is 0 Å². The Morgan fingerprint density at radius 3 is 1.33 bits per heavy atom. The summed E-state index contributed by atoms with van der Waals surface area (Å²) in [5, 5.41) is 4.26. The van der Waals surface area contributed by atoms with Crippen molar-refractivity contribution in [1.29, 1.82) is 0 Å². The molecule has 0 aliphatic carbocycles. The molecule has 5 heteroatoms. The third-order valence-electron chi connectivity index (χ3n) is 3.39. The molecule has 0 bridgehead atoms. The molecule has 0 aliphatic heterocycles. The third kappa shape index (κ3) is 7.05. The number of benzene rings is 3. The monoisotopic (exact) mass is 866 g/mol. The van der Waals surface area contributed by atoms with E-state index in [2.05, 4.69) is 91.9 Å². The van der Waals surface area contributed by atoms with Crippen molar-refractivity contribution in [1.82, 2.24) is 0 Å². The first-order chi connectivity index (χ1) is 9.86. The minimum atomic E-state index is -0.467. The van der Waals surface area contributed by atoms with Crippen molar-refractivity contribution in [3.8, 4) is 0 Å². The third-order valence-corrected chi connectivity index (χ3v) is 6.00. The molecule has 0 fully saturated rings. The minimum absolute atomic E-state index is 0. The fourth-order valence-electron chi connectivity index (χ4n) is 2.40. The Labute approximate surface area is 216 Å². The molecule has 3 aromatic rings. The normalized spacial score (nSPS) is 8.92. The molecular formula is C19H17BiI3P. The van der Waals surface area contributed by atoms with Crippen LogP contribution in [0.4, 0.5) is 0 Å². The van der Waals surface area contributed by atoms with Crippen LogP contribution in [0.1, 0.15) is 5.56 Å². The van der Waals surface area contributed by atoms with Crippen LogP contribution in [0.2, 0.25) is 0 Å². The van der Waals surface area contributed by atoms with Crippen molar-refractivity contribution in [2.24, 2.45) is 0 Å². The van der Waals surface area contributed by atoms with Gasteiger partial charge in [-0.2, -0.15) is 0 Å². The molecule has 3 aromatic carbocycles. The summed E-state index contributed by atoms with van der Waals surface area (Å²) in [6.45, 7) is 2.20. The van der Waals surface area contributed by atoms with Crippen molar-refractivity contribution in [3.05, 3.63) is 90.5 Å². The van der Waals surface area contributed by atoms with Crippen molar-refractivity contribution < 1.29 is 71.9 Å². The second-order valence-corrected chi connectivity index (χ2v) is 6.98. The zero-order valence-electron chi connectivity index (χ0n) is 13.1. The molecule has 2 radical (unpaired) electrons. The largest absolute Gasteiger partial charge is 3.00 e. The van der Waals surface area contributed by atoms with E-state index in [0.29, 0.717) is 0 Å². The van der Waals surface area contributed by atoms with Crippen LogP contribution in [0.15, 0.2) is 84.9 Å². The average molecular weight is 866 g/mol. The van der Waals surface area contributed by atoms with Crippen LogP contribution in [-0.4, -0.2) is 26.2 Å². The van der Waals surface area contributed by atoms with E-state index in [-0.39, 0.29) is 98.1 Å². The molecule has 0 spiro atoms. The maximum absolute atomic E-state index is 2.26. The first-order valence-electron chi connectivity index (χ1n) is 6.82. The number of rotatable bonds is 3. The van der Waals surface area contributed by atoms with Crippen LogP contribution in [0.5, 0.6) is 0 Å². The van der Waals surface area contributed by atoms with Gasteiger partial charge in [-0.15, -0.1) is 0 Å². The molecule has 24 heavy (non-hydrogen) atoms. The fraction of sp³-hybridized carbons (Fsp3) is 0.0526. The molecule has 0 aliphatic rings. The van der Waals surface area contributed by atoms with Gasteiger partial charge in [-0.25, -0.2) is 0 Å². The van der Waals surface area contributed by atoms with Gasteiger partial charge in [0.2, 0.25) is 0 Å². The van der Waals surface area contributed by atoms with Crippen molar-refractivity contribution in [2.45, 2.75) is 6.92 Å². The summed E-state index contributed by atoms with van der Waals surface area (Å²) in [4.78, 5) is 0. The quantitative estimate of drug-likeness (QED) is 0.140. The van der Waals surface area contributed by atoms with E-state index in [0.717, 1.165) is 0 Å². The molecule has 0 saturated heterocycles.